The highest BCUT2D eigenvalue weighted by molar-refractivity contribution is 4.53. The van der Waals surface area contributed by atoms with Crippen LogP contribution in [0, 0.1) is 4.91 Å². The van der Waals surface area contributed by atoms with E-state index in [-0.39, 0.29) is 6.10 Å². The summed E-state index contributed by atoms with van der Waals surface area (Å²) >= 11 is 0. The van der Waals surface area contributed by atoms with Crippen LogP contribution in [0.4, 0.5) is 0 Å². The van der Waals surface area contributed by atoms with E-state index in [1.165, 1.54) is 0 Å². The van der Waals surface area contributed by atoms with Gasteiger partial charge in [-0.25, -0.2) is 0 Å². The molecule has 0 aromatic rings. The van der Waals surface area contributed by atoms with Crippen molar-refractivity contribution in [2.75, 3.05) is 0 Å². The fourth-order valence-electron chi connectivity index (χ4n) is 0.824. The molecule has 0 fully saturated rings. The summed E-state index contributed by atoms with van der Waals surface area (Å²) in [5.41, 5.74) is 0. The first-order valence-corrected chi connectivity index (χ1v) is 3.83. The average molecular weight is 145 g/mol. The first-order chi connectivity index (χ1) is 4.85. The normalized spacial score (nSPS) is 12.6. The topological polar surface area (TPSA) is 38.7 Å². The molecule has 0 amide bonds. The maximum atomic E-state index is 9.67. The van der Waals surface area contributed by atoms with Crippen molar-refractivity contribution in [3.63, 3.8) is 0 Å². The summed E-state index contributed by atoms with van der Waals surface area (Å²) in [6.45, 7) is 4.10. The predicted octanol–water partition coefficient (Wildman–Crippen LogP) is 2.65. The SMILES string of the molecule is CCCCC(CC)ON=O. The fourth-order valence-corrected chi connectivity index (χ4v) is 0.824. The Hall–Kier alpha value is -0.600. The van der Waals surface area contributed by atoms with Crippen LogP contribution in [0.25, 0.3) is 0 Å². The van der Waals surface area contributed by atoms with Gasteiger partial charge in [0.05, 0.1) is 0 Å². The zero-order chi connectivity index (χ0) is 7.82. The average Bonchev–Trinajstić information content (AvgIpc) is 1.98. The van der Waals surface area contributed by atoms with E-state index < -0.39 is 0 Å². The monoisotopic (exact) mass is 145 g/mol. The third kappa shape index (κ3) is 4.30. The molecular weight excluding hydrogens is 130 g/mol. The molecule has 0 radical (unpaired) electrons. The molecule has 0 heterocycles. The van der Waals surface area contributed by atoms with Crippen LogP contribution in [0.2, 0.25) is 0 Å². The highest BCUT2D eigenvalue weighted by Gasteiger charge is 2.05. The fraction of sp³-hybridized carbons (Fsp3) is 1.00. The maximum absolute atomic E-state index is 9.67. The van der Waals surface area contributed by atoms with Crippen molar-refractivity contribution in [2.45, 2.75) is 45.6 Å². The quantitative estimate of drug-likeness (QED) is 0.425. The van der Waals surface area contributed by atoms with Gasteiger partial charge in [-0.05, 0) is 19.3 Å². The van der Waals surface area contributed by atoms with Gasteiger partial charge in [-0.15, -0.1) is 4.91 Å². The lowest BCUT2D eigenvalue weighted by atomic mass is 10.1. The summed E-state index contributed by atoms with van der Waals surface area (Å²) in [7, 11) is 0. The van der Waals surface area contributed by atoms with E-state index in [1.807, 2.05) is 6.92 Å². The van der Waals surface area contributed by atoms with Gasteiger partial charge in [0.15, 0.2) is 5.34 Å². The largest absolute Gasteiger partial charge is 0.361 e. The van der Waals surface area contributed by atoms with Gasteiger partial charge in [0, 0.05) is 0 Å². The van der Waals surface area contributed by atoms with Crippen molar-refractivity contribution < 1.29 is 4.84 Å². The minimum absolute atomic E-state index is 0.0393. The highest BCUT2D eigenvalue weighted by Crippen LogP contribution is 2.07. The number of nitrogens with zero attached hydrogens (tertiary/aromatic N) is 1. The van der Waals surface area contributed by atoms with Crippen LogP contribution in [-0.4, -0.2) is 6.10 Å². The first kappa shape index (κ1) is 9.40. The van der Waals surface area contributed by atoms with Gasteiger partial charge in [0.2, 0.25) is 0 Å². The summed E-state index contributed by atoms with van der Waals surface area (Å²) in [5, 5.41) is 2.41. The minimum atomic E-state index is 0.0393. The summed E-state index contributed by atoms with van der Waals surface area (Å²) < 4.78 is 0. The van der Waals surface area contributed by atoms with Gasteiger partial charge < -0.3 is 4.84 Å². The first-order valence-electron chi connectivity index (χ1n) is 3.83. The lowest BCUT2D eigenvalue weighted by molar-refractivity contribution is 0.0452. The van der Waals surface area contributed by atoms with Gasteiger partial charge >= 0.3 is 0 Å². The molecule has 0 N–H and O–H groups in total. The molecule has 0 bridgehead atoms. The summed E-state index contributed by atoms with van der Waals surface area (Å²) in [4.78, 5) is 14.2. The van der Waals surface area contributed by atoms with E-state index in [0.29, 0.717) is 0 Å². The van der Waals surface area contributed by atoms with Crippen LogP contribution in [0.5, 0.6) is 0 Å². The van der Waals surface area contributed by atoms with E-state index in [1.54, 1.807) is 0 Å². The van der Waals surface area contributed by atoms with E-state index in [9.17, 15) is 4.91 Å². The summed E-state index contributed by atoms with van der Waals surface area (Å²) in [5.74, 6) is 0. The molecular formula is C7H15NO2. The molecule has 10 heavy (non-hydrogen) atoms. The molecule has 0 aromatic heterocycles. The number of hydrogen-bond donors (Lipinski definition) is 0. The molecule has 0 aliphatic carbocycles. The van der Waals surface area contributed by atoms with Crippen molar-refractivity contribution in [3.05, 3.63) is 4.91 Å². The van der Waals surface area contributed by atoms with Gasteiger partial charge in [-0.3, -0.25) is 0 Å². The van der Waals surface area contributed by atoms with Crippen LogP contribution >= 0.6 is 0 Å². The molecule has 0 aliphatic rings. The maximum Gasteiger partial charge on any atom is 0.155 e. The Morgan fingerprint density at radius 1 is 1.50 bits per heavy atom. The molecule has 1 unspecified atom stereocenters. The number of hydrogen-bond acceptors (Lipinski definition) is 3. The zero-order valence-corrected chi connectivity index (χ0v) is 6.67. The standard InChI is InChI=1S/C7H15NO2/c1-3-5-6-7(4-2)10-8-9/h7H,3-6H2,1-2H3. The molecule has 0 aromatic carbocycles. The molecule has 0 saturated heterocycles. The van der Waals surface area contributed by atoms with Crippen molar-refractivity contribution >= 4 is 0 Å². The molecule has 3 heteroatoms. The molecule has 0 rings (SSSR count). The number of unbranched alkanes of at least 4 members (excludes halogenated alkanes) is 1. The second-order valence-corrected chi connectivity index (χ2v) is 2.35. The van der Waals surface area contributed by atoms with Crippen LogP contribution in [0.15, 0.2) is 5.34 Å². The zero-order valence-electron chi connectivity index (χ0n) is 6.67. The molecule has 0 spiro atoms. The molecule has 1 atom stereocenters. The molecule has 0 saturated carbocycles. The van der Waals surface area contributed by atoms with E-state index in [2.05, 4.69) is 17.1 Å². The van der Waals surface area contributed by atoms with E-state index in [0.717, 1.165) is 25.7 Å². The lowest BCUT2D eigenvalue weighted by Crippen LogP contribution is -2.06. The Balaban J connectivity index is 3.29. The van der Waals surface area contributed by atoms with Crippen molar-refractivity contribution in [2.24, 2.45) is 5.34 Å². The van der Waals surface area contributed by atoms with Gasteiger partial charge in [0.1, 0.15) is 6.10 Å². The minimum Gasteiger partial charge on any atom is -0.361 e. The summed E-state index contributed by atoms with van der Waals surface area (Å²) in [6, 6.07) is 0. The van der Waals surface area contributed by atoms with E-state index in [4.69, 9.17) is 0 Å². The van der Waals surface area contributed by atoms with Crippen LogP contribution in [-0.2, 0) is 4.84 Å². The smallest absolute Gasteiger partial charge is 0.155 e. The molecule has 0 aliphatic heterocycles. The molecule has 3 nitrogen and oxygen atoms in total. The Kier molecular flexibility index (Phi) is 6.13. The summed E-state index contributed by atoms with van der Waals surface area (Å²) in [6.07, 6.45) is 4.09. The molecule has 60 valence electrons. The second-order valence-electron chi connectivity index (χ2n) is 2.35. The van der Waals surface area contributed by atoms with Gasteiger partial charge in [0.25, 0.3) is 0 Å². The van der Waals surface area contributed by atoms with Gasteiger partial charge in [-0.1, -0.05) is 20.3 Å². The number of rotatable bonds is 6. The third-order valence-electron chi connectivity index (χ3n) is 1.53. The Labute approximate surface area is 61.7 Å². The van der Waals surface area contributed by atoms with Crippen molar-refractivity contribution in [1.82, 2.24) is 0 Å². The van der Waals surface area contributed by atoms with Crippen LogP contribution < -0.4 is 0 Å². The van der Waals surface area contributed by atoms with Crippen molar-refractivity contribution in [1.29, 1.82) is 0 Å². The van der Waals surface area contributed by atoms with Crippen LogP contribution in [0.3, 0.4) is 0 Å². The predicted molar refractivity (Wildman–Crippen MR) is 40.5 cm³/mol. The Bertz CT molecular complexity index is 85.7. The Morgan fingerprint density at radius 3 is 2.60 bits per heavy atom. The van der Waals surface area contributed by atoms with Crippen LogP contribution in [0.1, 0.15) is 39.5 Å². The van der Waals surface area contributed by atoms with E-state index >= 15 is 0 Å². The highest BCUT2D eigenvalue weighted by atomic mass is 16.7. The lowest BCUT2D eigenvalue weighted by Gasteiger charge is -2.08. The van der Waals surface area contributed by atoms with Gasteiger partial charge in [-0.2, -0.15) is 0 Å². The Morgan fingerprint density at radius 2 is 2.20 bits per heavy atom. The second kappa shape index (κ2) is 6.52. The third-order valence-corrected chi connectivity index (χ3v) is 1.53. The van der Waals surface area contributed by atoms with Crippen molar-refractivity contribution in [3.8, 4) is 0 Å².